The topological polar surface area (TPSA) is 66.4 Å². The van der Waals surface area contributed by atoms with E-state index < -0.39 is 5.97 Å². The number of aromatic carboxylic acids is 1. The summed E-state index contributed by atoms with van der Waals surface area (Å²) in [5.41, 5.74) is 0. The van der Waals surface area contributed by atoms with E-state index in [0.717, 1.165) is 30.6 Å². The van der Waals surface area contributed by atoms with E-state index in [1.54, 1.807) is 12.1 Å². The van der Waals surface area contributed by atoms with E-state index in [4.69, 9.17) is 5.11 Å². The molecular formula is C14H21NO3S. The van der Waals surface area contributed by atoms with Crippen LogP contribution in [0.1, 0.15) is 54.1 Å². The molecule has 1 rings (SSSR count). The molecule has 0 spiro atoms. The normalized spacial score (nSPS) is 10.7. The standard InChI is InChI=1S/C14H21NO3S/c1-3-5-10(6-4-2)13(16)15-9-11-7-8-12(19-11)14(17)18/h7-8,10H,3-6,9H2,1-2H3,(H,15,16)(H,17,18). The van der Waals surface area contributed by atoms with Gasteiger partial charge in [0.05, 0.1) is 6.54 Å². The van der Waals surface area contributed by atoms with Crippen molar-refractivity contribution < 1.29 is 14.7 Å². The van der Waals surface area contributed by atoms with Crippen molar-refractivity contribution in [1.29, 1.82) is 0 Å². The molecule has 1 amide bonds. The summed E-state index contributed by atoms with van der Waals surface area (Å²) in [4.78, 5) is 23.9. The predicted molar refractivity (Wildman–Crippen MR) is 76.4 cm³/mol. The first kappa shape index (κ1) is 15.7. The summed E-state index contributed by atoms with van der Waals surface area (Å²) in [5.74, 6) is -0.764. The van der Waals surface area contributed by atoms with Crippen molar-refractivity contribution in [2.75, 3.05) is 0 Å². The molecule has 0 atom stereocenters. The van der Waals surface area contributed by atoms with Gasteiger partial charge in [-0.25, -0.2) is 4.79 Å². The summed E-state index contributed by atoms with van der Waals surface area (Å²) < 4.78 is 0. The fourth-order valence-corrected chi connectivity index (χ4v) is 2.80. The van der Waals surface area contributed by atoms with Crippen molar-refractivity contribution in [3.63, 3.8) is 0 Å². The van der Waals surface area contributed by atoms with E-state index in [-0.39, 0.29) is 11.8 Å². The second-order valence-electron chi connectivity index (χ2n) is 4.56. The number of thiophene rings is 1. The van der Waals surface area contributed by atoms with Crippen LogP contribution in [0.2, 0.25) is 0 Å². The molecule has 2 N–H and O–H groups in total. The van der Waals surface area contributed by atoms with Gasteiger partial charge in [-0.05, 0) is 25.0 Å². The maximum Gasteiger partial charge on any atom is 0.345 e. The van der Waals surface area contributed by atoms with Crippen LogP contribution in [-0.4, -0.2) is 17.0 Å². The van der Waals surface area contributed by atoms with Gasteiger partial charge in [0, 0.05) is 10.8 Å². The molecule has 0 saturated heterocycles. The van der Waals surface area contributed by atoms with Gasteiger partial charge < -0.3 is 10.4 Å². The van der Waals surface area contributed by atoms with Crippen LogP contribution < -0.4 is 5.32 Å². The lowest BCUT2D eigenvalue weighted by Gasteiger charge is -2.14. The Morgan fingerprint density at radius 1 is 1.26 bits per heavy atom. The summed E-state index contributed by atoms with van der Waals surface area (Å²) in [6, 6.07) is 3.33. The molecule has 0 unspecified atom stereocenters. The lowest BCUT2D eigenvalue weighted by molar-refractivity contribution is -0.125. The molecule has 0 radical (unpaired) electrons. The number of amides is 1. The van der Waals surface area contributed by atoms with Gasteiger partial charge in [0.2, 0.25) is 5.91 Å². The molecular weight excluding hydrogens is 262 g/mol. The minimum Gasteiger partial charge on any atom is -0.477 e. The first-order valence-corrected chi connectivity index (χ1v) is 7.49. The van der Waals surface area contributed by atoms with Crippen LogP contribution in [0.3, 0.4) is 0 Å². The zero-order valence-electron chi connectivity index (χ0n) is 11.4. The zero-order chi connectivity index (χ0) is 14.3. The summed E-state index contributed by atoms with van der Waals surface area (Å²) in [7, 11) is 0. The highest BCUT2D eigenvalue weighted by molar-refractivity contribution is 7.13. The molecule has 4 nitrogen and oxygen atoms in total. The summed E-state index contributed by atoms with van der Waals surface area (Å²) >= 11 is 1.21. The number of carbonyl (C=O) groups excluding carboxylic acids is 1. The molecule has 19 heavy (non-hydrogen) atoms. The first-order chi connectivity index (χ1) is 9.08. The highest BCUT2D eigenvalue weighted by atomic mass is 32.1. The van der Waals surface area contributed by atoms with E-state index in [9.17, 15) is 9.59 Å². The summed E-state index contributed by atoms with van der Waals surface area (Å²) in [5, 5.41) is 11.7. The number of hydrogen-bond donors (Lipinski definition) is 2. The highest BCUT2D eigenvalue weighted by Crippen LogP contribution is 2.17. The Labute approximate surface area is 117 Å². The van der Waals surface area contributed by atoms with E-state index in [1.807, 2.05) is 0 Å². The van der Waals surface area contributed by atoms with Crippen molar-refractivity contribution in [3.8, 4) is 0 Å². The van der Waals surface area contributed by atoms with Gasteiger partial charge in [-0.1, -0.05) is 26.7 Å². The summed E-state index contributed by atoms with van der Waals surface area (Å²) in [6.07, 6.45) is 3.81. The van der Waals surface area contributed by atoms with Crippen molar-refractivity contribution in [3.05, 3.63) is 21.9 Å². The van der Waals surface area contributed by atoms with Gasteiger partial charge in [0.15, 0.2) is 0 Å². The molecule has 0 bridgehead atoms. The van der Waals surface area contributed by atoms with Gasteiger partial charge >= 0.3 is 5.97 Å². The quantitative estimate of drug-likeness (QED) is 0.769. The maximum atomic E-state index is 12.0. The van der Waals surface area contributed by atoms with Crippen LogP contribution in [0.15, 0.2) is 12.1 Å². The Balaban J connectivity index is 2.49. The number of nitrogens with one attached hydrogen (secondary N) is 1. The van der Waals surface area contributed by atoms with Crippen molar-refractivity contribution in [1.82, 2.24) is 5.32 Å². The predicted octanol–water partition coefficient (Wildman–Crippen LogP) is 3.28. The monoisotopic (exact) mass is 283 g/mol. The average molecular weight is 283 g/mol. The third-order valence-electron chi connectivity index (χ3n) is 2.95. The lowest BCUT2D eigenvalue weighted by atomic mass is 9.97. The number of carboxylic acids is 1. The van der Waals surface area contributed by atoms with Crippen molar-refractivity contribution in [2.24, 2.45) is 5.92 Å². The smallest absolute Gasteiger partial charge is 0.345 e. The van der Waals surface area contributed by atoms with E-state index in [0.29, 0.717) is 11.4 Å². The Kier molecular flexibility index (Phi) is 6.56. The maximum absolute atomic E-state index is 12.0. The fraction of sp³-hybridized carbons (Fsp3) is 0.571. The molecule has 0 fully saturated rings. The van der Waals surface area contributed by atoms with Gasteiger partial charge in [-0.2, -0.15) is 0 Å². The molecule has 0 aliphatic heterocycles. The molecule has 0 saturated carbocycles. The minimum atomic E-state index is -0.919. The third kappa shape index (κ3) is 5.03. The lowest BCUT2D eigenvalue weighted by Crippen LogP contribution is -2.30. The van der Waals surface area contributed by atoms with Crippen LogP contribution in [0.25, 0.3) is 0 Å². The Morgan fingerprint density at radius 3 is 2.37 bits per heavy atom. The van der Waals surface area contributed by atoms with Gasteiger partial charge in [-0.3, -0.25) is 4.79 Å². The number of hydrogen-bond acceptors (Lipinski definition) is 3. The summed E-state index contributed by atoms with van der Waals surface area (Å²) in [6.45, 7) is 4.57. The van der Waals surface area contributed by atoms with Crippen molar-refractivity contribution >= 4 is 23.2 Å². The Bertz CT molecular complexity index is 422. The second kappa shape index (κ2) is 7.94. The van der Waals surface area contributed by atoms with Crippen LogP contribution in [0.5, 0.6) is 0 Å². The number of carboxylic acid groups (broad SMARTS) is 1. The van der Waals surface area contributed by atoms with E-state index in [1.165, 1.54) is 11.3 Å². The SMILES string of the molecule is CCCC(CCC)C(=O)NCc1ccc(C(=O)O)s1. The second-order valence-corrected chi connectivity index (χ2v) is 5.73. The average Bonchev–Trinajstić information content (AvgIpc) is 2.84. The van der Waals surface area contributed by atoms with Crippen LogP contribution >= 0.6 is 11.3 Å². The molecule has 0 aromatic carbocycles. The largest absolute Gasteiger partial charge is 0.477 e. The molecule has 1 heterocycles. The number of carbonyl (C=O) groups is 2. The molecule has 1 aromatic rings. The van der Waals surface area contributed by atoms with E-state index in [2.05, 4.69) is 19.2 Å². The first-order valence-electron chi connectivity index (χ1n) is 6.68. The van der Waals surface area contributed by atoms with Crippen LogP contribution in [0, 0.1) is 5.92 Å². The molecule has 0 aliphatic carbocycles. The number of rotatable bonds is 8. The molecule has 0 aliphatic rings. The molecule has 5 heteroatoms. The fourth-order valence-electron chi connectivity index (χ4n) is 2.01. The van der Waals surface area contributed by atoms with Gasteiger partial charge in [0.25, 0.3) is 0 Å². The Hall–Kier alpha value is -1.36. The van der Waals surface area contributed by atoms with Crippen LogP contribution in [0.4, 0.5) is 0 Å². The zero-order valence-corrected chi connectivity index (χ0v) is 12.3. The minimum absolute atomic E-state index is 0.0777. The van der Waals surface area contributed by atoms with E-state index >= 15 is 0 Å². The highest BCUT2D eigenvalue weighted by Gasteiger charge is 2.16. The van der Waals surface area contributed by atoms with Gasteiger partial charge in [0.1, 0.15) is 4.88 Å². The van der Waals surface area contributed by atoms with Crippen molar-refractivity contribution in [2.45, 2.75) is 46.1 Å². The van der Waals surface area contributed by atoms with Gasteiger partial charge in [-0.15, -0.1) is 11.3 Å². The Morgan fingerprint density at radius 2 is 1.89 bits per heavy atom. The third-order valence-corrected chi connectivity index (χ3v) is 4.03. The molecule has 1 aromatic heterocycles. The van der Waals surface area contributed by atoms with Crippen LogP contribution in [-0.2, 0) is 11.3 Å². The molecule has 106 valence electrons.